The molecule has 33 heavy (non-hydrogen) atoms. The number of Topliss-reactive ketones (excluding diaryl/α,β-unsaturated/α-hetero) is 1. The van der Waals surface area contributed by atoms with Gasteiger partial charge in [-0.25, -0.2) is 22.0 Å². The Bertz CT molecular complexity index is 1300. The second-order valence-electron chi connectivity index (χ2n) is 7.39. The maximum Gasteiger partial charge on any atom is 0.405 e. The minimum atomic E-state index is -3.91. The third-order valence-electron chi connectivity index (χ3n) is 5.07. The van der Waals surface area contributed by atoms with E-state index in [2.05, 4.69) is 10.6 Å². The van der Waals surface area contributed by atoms with E-state index in [-0.39, 0.29) is 51.4 Å². The molecule has 0 radical (unpaired) electrons. The molecule has 0 saturated carbocycles. The first-order valence-electron chi connectivity index (χ1n) is 9.66. The molecule has 3 N–H and O–H groups in total. The van der Waals surface area contributed by atoms with E-state index < -0.39 is 34.2 Å². The lowest BCUT2D eigenvalue weighted by Gasteiger charge is -2.23. The molecule has 0 heterocycles. The van der Waals surface area contributed by atoms with Crippen molar-refractivity contribution in [2.24, 2.45) is 0 Å². The number of anilines is 1. The van der Waals surface area contributed by atoms with Gasteiger partial charge in [-0.3, -0.25) is 4.79 Å². The van der Waals surface area contributed by atoms with Crippen molar-refractivity contribution in [2.45, 2.75) is 30.2 Å². The fourth-order valence-electron chi connectivity index (χ4n) is 3.66. The van der Waals surface area contributed by atoms with E-state index >= 15 is 0 Å². The number of rotatable bonds is 7. The van der Waals surface area contributed by atoms with E-state index in [9.17, 15) is 31.9 Å². The standard InChI is InChI=1S/C22H19F2N3O5S/c1-33(31,32)18-9-12(11-25)5-6-15(18)20(27-22(29)30)19-16(7-8-17(19)28)26-14-4-2-3-13(10-14)21(23)24/h2-6,9-10,20-21,26-27H,7-8H2,1H3,(H,29,30). The Hall–Kier alpha value is -3.78. The number of benzene rings is 2. The third kappa shape index (κ3) is 5.35. The molecule has 2 aromatic carbocycles. The number of nitrogens with one attached hydrogen (secondary N) is 2. The van der Waals surface area contributed by atoms with Gasteiger partial charge in [0, 0.05) is 35.2 Å². The van der Waals surface area contributed by atoms with E-state index in [0.717, 1.165) is 12.3 Å². The van der Waals surface area contributed by atoms with Gasteiger partial charge in [-0.2, -0.15) is 5.26 Å². The highest BCUT2D eigenvalue weighted by atomic mass is 32.2. The predicted octanol–water partition coefficient (Wildman–Crippen LogP) is 3.94. The molecule has 1 unspecified atom stereocenters. The van der Waals surface area contributed by atoms with Gasteiger partial charge >= 0.3 is 6.09 Å². The molecule has 3 rings (SSSR count). The van der Waals surface area contributed by atoms with Gasteiger partial charge in [0.25, 0.3) is 6.43 Å². The Morgan fingerprint density at radius 1 is 1.18 bits per heavy atom. The van der Waals surface area contributed by atoms with Crippen LogP contribution >= 0.6 is 0 Å². The van der Waals surface area contributed by atoms with Crippen LogP contribution in [0.4, 0.5) is 19.3 Å². The summed E-state index contributed by atoms with van der Waals surface area (Å²) in [7, 11) is -3.91. The van der Waals surface area contributed by atoms with Crippen LogP contribution in [0, 0.1) is 11.3 Å². The van der Waals surface area contributed by atoms with E-state index in [0.29, 0.717) is 0 Å². The monoisotopic (exact) mass is 475 g/mol. The lowest BCUT2D eigenvalue weighted by molar-refractivity contribution is -0.115. The SMILES string of the molecule is CS(=O)(=O)c1cc(C#N)ccc1C(NC(=O)O)C1=C(Nc2cccc(C(F)F)c2)CCC1=O. The van der Waals surface area contributed by atoms with Crippen molar-refractivity contribution in [3.63, 3.8) is 0 Å². The number of sulfone groups is 1. The van der Waals surface area contributed by atoms with Gasteiger partial charge in [-0.15, -0.1) is 0 Å². The van der Waals surface area contributed by atoms with Crippen molar-refractivity contribution in [2.75, 3.05) is 11.6 Å². The second kappa shape index (κ2) is 9.38. The number of nitriles is 1. The van der Waals surface area contributed by atoms with Gasteiger partial charge in [-0.05, 0) is 36.2 Å². The zero-order valence-electron chi connectivity index (χ0n) is 17.3. The summed E-state index contributed by atoms with van der Waals surface area (Å²) < 4.78 is 50.9. The molecule has 1 atom stereocenters. The summed E-state index contributed by atoms with van der Waals surface area (Å²) in [4.78, 5) is 24.0. The van der Waals surface area contributed by atoms with Crippen LogP contribution in [0.2, 0.25) is 0 Å². The van der Waals surface area contributed by atoms with E-state index in [1.807, 2.05) is 6.07 Å². The first-order valence-corrected chi connectivity index (χ1v) is 11.6. The summed E-state index contributed by atoms with van der Waals surface area (Å²) >= 11 is 0. The van der Waals surface area contributed by atoms with E-state index in [4.69, 9.17) is 5.26 Å². The molecule has 1 aliphatic rings. The summed E-state index contributed by atoms with van der Waals surface area (Å²) in [5.74, 6) is -0.426. The van der Waals surface area contributed by atoms with Crippen molar-refractivity contribution in [1.82, 2.24) is 5.32 Å². The highest BCUT2D eigenvalue weighted by molar-refractivity contribution is 7.90. The quantitative estimate of drug-likeness (QED) is 0.552. The van der Waals surface area contributed by atoms with E-state index in [1.165, 1.54) is 36.4 Å². The second-order valence-corrected chi connectivity index (χ2v) is 9.37. The largest absolute Gasteiger partial charge is 0.465 e. The molecule has 2 aromatic rings. The molecule has 1 amide bonds. The van der Waals surface area contributed by atoms with Crippen molar-refractivity contribution in [3.8, 4) is 6.07 Å². The van der Waals surface area contributed by atoms with Gasteiger partial charge in [0.15, 0.2) is 15.6 Å². The van der Waals surface area contributed by atoms with Crippen LogP contribution in [0.1, 0.15) is 42.0 Å². The maximum absolute atomic E-state index is 13.1. The van der Waals surface area contributed by atoms with Crippen LogP contribution in [0.5, 0.6) is 0 Å². The Labute approximate surface area is 188 Å². The number of hydrogen-bond donors (Lipinski definition) is 3. The molecule has 1 aliphatic carbocycles. The number of hydrogen-bond acceptors (Lipinski definition) is 6. The molecule has 0 fully saturated rings. The highest BCUT2D eigenvalue weighted by Gasteiger charge is 2.34. The van der Waals surface area contributed by atoms with Crippen LogP contribution in [-0.2, 0) is 14.6 Å². The number of carboxylic acid groups (broad SMARTS) is 1. The van der Waals surface area contributed by atoms with Crippen molar-refractivity contribution in [3.05, 3.63) is 70.4 Å². The summed E-state index contributed by atoms with van der Waals surface area (Å²) in [5, 5.41) is 23.7. The van der Waals surface area contributed by atoms with Crippen LogP contribution in [0.25, 0.3) is 0 Å². The molecule has 0 bridgehead atoms. The van der Waals surface area contributed by atoms with E-state index in [1.54, 1.807) is 0 Å². The maximum atomic E-state index is 13.1. The minimum absolute atomic E-state index is 0.0190. The van der Waals surface area contributed by atoms with Gasteiger partial charge in [0.1, 0.15) is 0 Å². The zero-order chi connectivity index (χ0) is 24.3. The number of amides is 1. The molecule has 0 spiro atoms. The lowest BCUT2D eigenvalue weighted by Crippen LogP contribution is -2.31. The van der Waals surface area contributed by atoms with Crippen LogP contribution in [0.3, 0.4) is 0 Å². The first kappa shape index (κ1) is 23.9. The van der Waals surface area contributed by atoms with Crippen LogP contribution in [-0.4, -0.2) is 31.7 Å². The van der Waals surface area contributed by atoms with Crippen molar-refractivity contribution >= 4 is 27.4 Å². The Morgan fingerprint density at radius 2 is 1.91 bits per heavy atom. The number of nitrogens with zero attached hydrogens (tertiary/aromatic N) is 1. The highest BCUT2D eigenvalue weighted by Crippen LogP contribution is 2.37. The Kier molecular flexibility index (Phi) is 6.78. The number of alkyl halides is 2. The summed E-state index contributed by atoms with van der Waals surface area (Å²) in [6, 6.07) is 9.56. The smallest absolute Gasteiger partial charge is 0.405 e. The van der Waals surface area contributed by atoms with Crippen LogP contribution in [0.15, 0.2) is 58.6 Å². The number of carbonyl (C=O) groups is 2. The predicted molar refractivity (Wildman–Crippen MR) is 114 cm³/mol. The van der Waals surface area contributed by atoms with Crippen molar-refractivity contribution < 1.29 is 31.9 Å². The summed E-state index contributed by atoms with van der Waals surface area (Å²) in [6.07, 6.45) is -3.10. The number of allylic oxidation sites excluding steroid dienone is 1. The lowest BCUT2D eigenvalue weighted by atomic mass is 9.95. The number of ketones is 1. The molecular weight excluding hydrogens is 456 g/mol. The number of carbonyl (C=O) groups excluding carboxylic acids is 1. The topological polar surface area (TPSA) is 136 Å². The Morgan fingerprint density at radius 3 is 2.52 bits per heavy atom. The fraction of sp³-hybridized carbons (Fsp3) is 0.227. The Balaban J connectivity index is 2.17. The van der Waals surface area contributed by atoms with Gasteiger partial charge in [-0.1, -0.05) is 18.2 Å². The first-order chi connectivity index (χ1) is 15.5. The van der Waals surface area contributed by atoms with Gasteiger partial charge < -0.3 is 15.7 Å². The molecule has 172 valence electrons. The molecule has 8 nitrogen and oxygen atoms in total. The molecule has 0 saturated heterocycles. The normalized spacial score (nSPS) is 14.8. The average Bonchev–Trinajstić information content (AvgIpc) is 3.10. The molecular formula is C22H19F2N3O5S. The van der Waals surface area contributed by atoms with Crippen molar-refractivity contribution in [1.29, 1.82) is 5.26 Å². The molecule has 0 aliphatic heterocycles. The summed E-state index contributed by atoms with van der Waals surface area (Å²) in [6.45, 7) is 0. The molecule has 0 aromatic heterocycles. The third-order valence-corrected chi connectivity index (χ3v) is 6.22. The minimum Gasteiger partial charge on any atom is -0.465 e. The zero-order valence-corrected chi connectivity index (χ0v) is 18.1. The fourth-order valence-corrected chi connectivity index (χ4v) is 4.62. The number of halogens is 2. The average molecular weight is 475 g/mol. The van der Waals surface area contributed by atoms with Gasteiger partial charge in [0.05, 0.1) is 22.6 Å². The van der Waals surface area contributed by atoms with Gasteiger partial charge in [0.2, 0.25) is 0 Å². The van der Waals surface area contributed by atoms with Crippen LogP contribution < -0.4 is 10.6 Å². The molecule has 11 heteroatoms. The summed E-state index contributed by atoms with van der Waals surface area (Å²) in [5.41, 5.74) is 0.320.